The molecule has 1 aliphatic carbocycles. The van der Waals surface area contributed by atoms with E-state index >= 15 is 0 Å². The Balaban J connectivity index is 1.48. The van der Waals surface area contributed by atoms with Gasteiger partial charge < -0.3 is 10.6 Å². The van der Waals surface area contributed by atoms with Gasteiger partial charge in [0.15, 0.2) is 11.4 Å². The molecule has 152 valence electrons. The van der Waals surface area contributed by atoms with Gasteiger partial charge in [-0.15, -0.1) is 0 Å². The van der Waals surface area contributed by atoms with Crippen molar-refractivity contribution in [1.82, 2.24) is 20.6 Å². The van der Waals surface area contributed by atoms with Gasteiger partial charge in [-0.1, -0.05) is 40.2 Å². The Labute approximate surface area is 181 Å². The molecular formula is C22H18BrFN4O2. The molecule has 8 heteroatoms. The van der Waals surface area contributed by atoms with Crippen molar-refractivity contribution in [2.45, 2.75) is 25.4 Å². The molecule has 3 aromatic rings. The molecule has 1 aliphatic rings. The van der Waals surface area contributed by atoms with Crippen LogP contribution in [0.5, 0.6) is 0 Å². The fourth-order valence-electron chi connectivity index (χ4n) is 3.52. The van der Waals surface area contributed by atoms with Gasteiger partial charge >= 0.3 is 0 Å². The summed E-state index contributed by atoms with van der Waals surface area (Å²) < 4.78 is 14.0. The molecular weight excluding hydrogens is 451 g/mol. The Morgan fingerprint density at radius 2 is 1.73 bits per heavy atom. The zero-order chi connectivity index (χ0) is 21.1. The van der Waals surface area contributed by atoms with E-state index in [1.165, 1.54) is 30.1 Å². The Hall–Kier alpha value is -3.13. The number of benzene rings is 2. The van der Waals surface area contributed by atoms with Crippen LogP contribution in [-0.4, -0.2) is 21.8 Å². The molecule has 1 atom stereocenters. The van der Waals surface area contributed by atoms with E-state index in [-0.39, 0.29) is 29.8 Å². The number of rotatable bonds is 5. The predicted molar refractivity (Wildman–Crippen MR) is 112 cm³/mol. The van der Waals surface area contributed by atoms with Gasteiger partial charge in [0.1, 0.15) is 5.82 Å². The number of carbonyl (C=O) groups is 2. The summed E-state index contributed by atoms with van der Waals surface area (Å²) in [5, 5.41) is 5.67. The van der Waals surface area contributed by atoms with E-state index < -0.39 is 11.8 Å². The second kappa shape index (κ2) is 8.71. The number of nitrogens with zero attached hydrogens (tertiary/aromatic N) is 2. The normalized spacial score (nSPS) is 14.8. The van der Waals surface area contributed by atoms with E-state index in [9.17, 15) is 14.0 Å². The van der Waals surface area contributed by atoms with E-state index in [2.05, 4.69) is 36.5 Å². The van der Waals surface area contributed by atoms with E-state index in [0.29, 0.717) is 0 Å². The van der Waals surface area contributed by atoms with Crippen molar-refractivity contribution in [1.29, 1.82) is 0 Å². The average molecular weight is 469 g/mol. The Bertz CT molecular complexity index is 1100. The van der Waals surface area contributed by atoms with Crippen molar-refractivity contribution >= 4 is 27.7 Å². The van der Waals surface area contributed by atoms with Crippen LogP contribution in [0.1, 0.15) is 50.1 Å². The van der Waals surface area contributed by atoms with Gasteiger partial charge in [-0.05, 0) is 47.7 Å². The van der Waals surface area contributed by atoms with Crippen LogP contribution in [0.15, 0.2) is 59.3 Å². The molecule has 0 fully saturated rings. The van der Waals surface area contributed by atoms with E-state index in [1.54, 1.807) is 12.1 Å². The predicted octanol–water partition coefficient (Wildman–Crippen LogP) is 3.73. The standard InChI is InChI=1S/C22H18BrFN4O2/c23-17-3-1-2-16-15(17)8-9-18(16)28-22(30)20-19(25-10-11-26-20)21(29)27-12-13-4-6-14(24)7-5-13/h1-7,10-11,18H,8-9,12H2,(H,27,29)(H,28,30). The average Bonchev–Trinajstić information content (AvgIpc) is 3.17. The molecule has 1 aromatic heterocycles. The summed E-state index contributed by atoms with van der Waals surface area (Å²) in [6.07, 6.45) is 4.37. The lowest BCUT2D eigenvalue weighted by Crippen LogP contribution is -2.32. The minimum Gasteiger partial charge on any atom is -0.347 e. The molecule has 0 saturated carbocycles. The molecule has 0 bridgehead atoms. The topological polar surface area (TPSA) is 84.0 Å². The second-order valence-electron chi connectivity index (χ2n) is 6.94. The van der Waals surface area contributed by atoms with E-state index in [4.69, 9.17) is 0 Å². The smallest absolute Gasteiger partial charge is 0.272 e. The second-order valence-corrected chi connectivity index (χ2v) is 7.79. The highest BCUT2D eigenvalue weighted by Crippen LogP contribution is 2.35. The lowest BCUT2D eigenvalue weighted by atomic mass is 10.1. The molecule has 30 heavy (non-hydrogen) atoms. The molecule has 0 radical (unpaired) electrons. The van der Waals surface area contributed by atoms with Gasteiger partial charge in [0.25, 0.3) is 11.8 Å². The number of hydrogen-bond donors (Lipinski definition) is 2. The monoisotopic (exact) mass is 468 g/mol. The van der Waals surface area contributed by atoms with Crippen LogP contribution < -0.4 is 10.6 Å². The quantitative estimate of drug-likeness (QED) is 0.597. The van der Waals surface area contributed by atoms with Crippen LogP contribution in [-0.2, 0) is 13.0 Å². The number of carbonyl (C=O) groups excluding carboxylic acids is 2. The summed E-state index contributed by atoms with van der Waals surface area (Å²) >= 11 is 3.55. The fourth-order valence-corrected chi connectivity index (χ4v) is 4.10. The maximum Gasteiger partial charge on any atom is 0.272 e. The highest BCUT2D eigenvalue weighted by Gasteiger charge is 2.28. The number of nitrogens with one attached hydrogen (secondary N) is 2. The molecule has 6 nitrogen and oxygen atoms in total. The lowest BCUT2D eigenvalue weighted by molar-refractivity contribution is 0.0900. The van der Waals surface area contributed by atoms with E-state index in [1.807, 2.05) is 18.2 Å². The maximum atomic E-state index is 13.0. The largest absolute Gasteiger partial charge is 0.347 e. The molecule has 0 aliphatic heterocycles. The summed E-state index contributed by atoms with van der Waals surface area (Å²) in [7, 11) is 0. The Morgan fingerprint density at radius 1 is 1.03 bits per heavy atom. The van der Waals surface area contributed by atoms with Crippen molar-refractivity contribution in [2.75, 3.05) is 0 Å². The highest BCUT2D eigenvalue weighted by molar-refractivity contribution is 9.10. The van der Waals surface area contributed by atoms with Crippen molar-refractivity contribution in [2.24, 2.45) is 0 Å². The summed E-state index contributed by atoms with van der Waals surface area (Å²) in [4.78, 5) is 33.6. The minimum atomic E-state index is -0.521. The third kappa shape index (κ3) is 4.23. The summed E-state index contributed by atoms with van der Waals surface area (Å²) in [6.45, 7) is 0.181. The van der Waals surface area contributed by atoms with Gasteiger partial charge in [0.2, 0.25) is 0 Å². The molecule has 1 unspecified atom stereocenters. The van der Waals surface area contributed by atoms with Crippen molar-refractivity contribution in [3.8, 4) is 0 Å². The van der Waals surface area contributed by atoms with Crippen LogP contribution >= 0.6 is 15.9 Å². The number of fused-ring (bicyclic) bond motifs is 1. The SMILES string of the molecule is O=C(NCc1ccc(F)cc1)c1nccnc1C(=O)NC1CCc2c(Br)cccc21. The zero-order valence-electron chi connectivity index (χ0n) is 15.9. The first-order valence-corrected chi connectivity index (χ1v) is 10.2. The van der Waals surface area contributed by atoms with Crippen molar-refractivity contribution in [3.05, 3.63) is 93.2 Å². The van der Waals surface area contributed by atoms with Crippen LogP contribution in [0, 0.1) is 5.82 Å². The van der Waals surface area contributed by atoms with Crippen LogP contribution in [0.25, 0.3) is 0 Å². The van der Waals surface area contributed by atoms with Gasteiger partial charge in [0, 0.05) is 23.4 Å². The molecule has 0 saturated heterocycles. The first kappa shape index (κ1) is 20.2. The number of halogens is 2. The van der Waals surface area contributed by atoms with Crippen molar-refractivity contribution in [3.63, 3.8) is 0 Å². The van der Waals surface area contributed by atoms with Gasteiger partial charge in [-0.2, -0.15) is 0 Å². The van der Waals surface area contributed by atoms with Crippen molar-refractivity contribution < 1.29 is 14.0 Å². The molecule has 0 spiro atoms. The van der Waals surface area contributed by atoms with Gasteiger partial charge in [-0.25, -0.2) is 14.4 Å². The summed E-state index contributed by atoms with van der Waals surface area (Å²) in [6, 6.07) is 11.6. The Morgan fingerprint density at radius 3 is 2.47 bits per heavy atom. The lowest BCUT2D eigenvalue weighted by Gasteiger charge is -2.15. The molecule has 1 heterocycles. The molecule has 2 aromatic carbocycles. The first-order valence-electron chi connectivity index (χ1n) is 9.44. The number of aromatic nitrogens is 2. The molecule has 2 amide bonds. The third-order valence-corrected chi connectivity index (χ3v) is 5.76. The highest BCUT2D eigenvalue weighted by atomic mass is 79.9. The van der Waals surface area contributed by atoms with Crippen LogP contribution in [0.2, 0.25) is 0 Å². The molecule has 4 rings (SSSR count). The third-order valence-electron chi connectivity index (χ3n) is 5.01. The van der Waals surface area contributed by atoms with Gasteiger partial charge in [-0.3, -0.25) is 9.59 Å². The Kier molecular flexibility index (Phi) is 5.85. The summed E-state index contributed by atoms with van der Waals surface area (Å²) in [5.41, 5.74) is 2.89. The maximum absolute atomic E-state index is 13.0. The van der Waals surface area contributed by atoms with Crippen LogP contribution in [0.3, 0.4) is 0 Å². The summed E-state index contributed by atoms with van der Waals surface area (Å²) in [5.74, 6) is -1.32. The molecule has 2 N–H and O–H groups in total. The minimum absolute atomic E-state index is 0.0300. The number of amides is 2. The van der Waals surface area contributed by atoms with Crippen LogP contribution in [0.4, 0.5) is 4.39 Å². The van der Waals surface area contributed by atoms with Gasteiger partial charge in [0.05, 0.1) is 6.04 Å². The van der Waals surface area contributed by atoms with E-state index in [0.717, 1.165) is 28.4 Å². The number of hydrogen-bond acceptors (Lipinski definition) is 4. The zero-order valence-corrected chi connectivity index (χ0v) is 17.4. The fraction of sp³-hybridized carbons (Fsp3) is 0.182. The first-order chi connectivity index (χ1) is 14.5.